The molecule has 0 amide bonds. The van der Waals surface area contributed by atoms with E-state index in [1.54, 1.807) is 0 Å². The Bertz CT molecular complexity index is 724. The Hall–Kier alpha value is -2.14. The van der Waals surface area contributed by atoms with Gasteiger partial charge in [0.2, 0.25) is 5.78 Å². The van der Waals surface area contributed by atoms with Crippen molar-refractivity contribution in [3.05, 3.63) is 53.1 Å². The molecule has 0 saturated heterocycles. The Balaban J connectivity index is 1.89. The molecule has 2 N–H and O–H groups in total. The van der Waals surface area contributed by atoms with Gasteiger partial charge in [0, 0.05) is 20.0 Å². The number of hydrogen-bond donors (Lipinski definition) is 1. The van der Waals surface area contributed by atoms with Crippen LogP contribution in [-0.2, 0) is 26.4 Å². The van der Waals surface area contributed by atoms with Crippen LogP contribution in [-0.4, -0.2) is 19.2 Å². The fraction of sp³-hybridized carbons (Fsp3) is 0.333. The summed E-state index contributed by atoms with van der Waals surface area (Å²) in [6, 6.07) is 10.5. The van der Waals surface area contributed by atoms with Gasteiger partial charge in [0.05, 0.1) is 11.4 Å². The number of rotatable bonds is 4. The Morgan fingerprint density at radius 3 is 2.60 bits per heavy atom. The maximum atomic E-state index is 5.78. The number of benzene rings is 1. The van der Waals surface area contributed by atoms with Crippen LogP contribution < -0.4 is 5.73 Å². The molecular formula is C15H19N5. The van der Waals surface area contributed by atoms with Crippen LogP contribution in [0.4, 0.5) is 0 Å². The second-order valence-corrected chi connectivity index (χ2v) is 5.02. The summed E-state index contributed by atoms with van der Waals surface area (Å²) in [6.07, 6.45) is 1.87. The second-order valence-electron chi connectivity index (χ2n) is 5.02. The van der Waals surface area contributed by atoms with Gasteiger partial charge in [-0.05, 0) is 18.9 Å². The summed E-state index contributed by atoms with van der Waals surface area (Å²) in [5, 5.41) is 4.66. The molecule has 5 heteroatoms. The van der Waals surface area contributed by atoms with Crippen LogP contribution in [0.5, 0.6) is 0 Å². The molecule has 5 nitrogen and oxygen atoms in total. The maximum absolute atomic E-state index is 5.78. The van der Waals surface area contributed by atoms with Crippen LogP contribution in [0.15, 0.2) is 30.3 Å². The molecule has 1 aromatic carbocycles. The molecule has 2 heterocycles. The van der Waals surface area contributed by atoms with Crippen molar-refractivity contribution in [2.75, 3.05) is 0 Å². The lowest BCUT2D eigenvalue weighted by Gasteiger charge is -2.01. The third-order valence-electron chi connectivity index (χ3n) is 3.71. The Kier molecular flexibility index (Phi) is 3.28. The summed E-state index contributed by atoms with van der Waals surface area (Å²) in [5.74, 6) is 1.90. The molecule has 3 aromatic rings. The topological polar surface area (TPSA) is 61.1 Å². The number of fused-ring (bicyclic) bond motifs is 1. The average Bonchev–Trinajstić information content (AvgIpc) is 2.94. The summed E-state index contributed by atoms with van der Waals surface area (Å²) in [4.78, 5) is 4.54. The molecule has 0 spiro atoms. The van der Waals surface area contributed by atoms with Gasteiger partial charge in [-0.25, -0.2) is 4.98 Å². The first-order valence-corrected chi connectivity index (χ1v) is 6.84. The monoisotopic (exact) mass is 269 g/mol. The van der Waals surface area contributed by atoms with Crippen LogP contribution in [0.25, 0.3) is 5.78 Å². The Labute approximate surface area is 118 Å². The molecule has 2 aromatic heterocycles. The molecule has 0 radical (unpaired) electrons. The predicted molar refractivity (Wildman–Crippen MR) is 78.4 cm³/mol. The molecule has 0 bridgehead atoms. The van der Waals surface area contributed by atoms with Crippen molar-refractivity contribution in [1.82, 2.24) is 19.2 Å². The zero-order valence-electron chi connectivity index (χ0n) is 11.9. The number of aromatic nitrogens is 4. The predicted octanol–water partition coefficient (Wildman–Crippen LogP) is 1.62. The lowest BCUT2D eigenvalue weighted by atomic mass is 10.1. The molecule has 0 atom stereocenters. The van der Waals surface area contributed by atoms with Crippen molar-refractivity contribution in [3.8, 4) is 0 Å². The van der Waals surface area contributed by atoms with Crippen LogP contribution in [0.2, 0.25) is 0 Å². The van der Waals surface area contributed by atoms with Crippen LogP contribution in [0.3, 0.4) is 0 Å². The van der Waals surface area contributed by atoms with Crippen molar-refractivity contribution in [2.45, 2.75) is 26.3 Å². The first kappa shape index (κ1) is 12.9. The van der Waals surface area contributed by atoms with Crippen molar-refractivity contribution >= 4 is 5.78 Å². The molecule has 0 aliphatic heterocycles. The van der Waals surface area contributed by atoms with E-state index in [0.29, 0.717) is 6.54 Å². The molecular weight excluding hydrogens is 250 g/mol. The van der Waals surface area contributed by atoms with Crippen LogP contribution in [0.1, 0.15) is 22.8 Å². The molecule has 104 valence electrons. The number of imidazole rings is 1. The highest BCUT2D eigenvalue weighted by atomic mass is 15.4. The van der Waals surface area contributed by atoms with E-state index in [1.807, 2.05) is 24.6 Å². The molecule has 0 fully saturated rings. The van der Waals surface area contributed by atoms with Gasteiger partial charge in [-0.1, -0.05) is 30.3 Å². The third kappa shape index (κ3) is 2.10. The lowest BCUT2D eigenvalue weighted by molar-refractivity contribution is 0.758. The zero-order chi connectivity index (χ0) is 14.1. The summed E-state index contributed by atoms with van der Waals surface area (Å²) < 4.78 is 3.92. The summed E-state index contributed by atoms with van der Waals surface area (Å²) in [6.45, 7) is 2.43. The minimum Gasteiger partial charge on any atom is -0.325 e. The number of aryl methyl sites for hydroxylation is 4. The van der Waals surface area contributed by atoms with E-state index >= 15 is 0 Å². The number of nitrogens with two attached hydrogens (primary N) is 1. The second kappa shape index (κ2) is 5.09. The minimum atomic E-state index is 0.460. The van der Waals surface area contributed by atoms with Crippen molar-refractivity contribution in [3.63, 3.8) is 0 Å². The molecule has 0 unspecified atom stereocenters. The number of nitrogens with zero attached hydrogens (tertiary/aromatic N) is 4. The van der Waals surface area contributed by atoms with Gasteiger partial charge < -0.3 is 10.3 Å². The van der Waals surface area contributed by atoms with Gasteiger partial charge in [0.25, 0.3) is 0 Å². The smallest absolute Gasteiger partial charge is 0.232 e. The highest BCUT2D eigenvalue weighted by molar-refractivity contribution is 5.36. The van der Waals surface area contributed by atoms with E-state index in [1.165, 1.54) is 5.56 Å². The number of hydrogen-bond acceptors (Lipinski definition) is 3. The van der Waals surface area contributed by atoms with E-state index in [4.69, 9.17) is 5.73 Å². The van der Waals surface area contributed by atoms with Crippen LogP contribution in [0, 0.1) is 6.92 Å². The Morgan fingerprint density at radius 1 is 1.15 bits per heavy atom. The van der Waals surface area contributed by atoms with Gasteiger partial charge in [-0.2, -0.15) is 9.61 Å². The summed E-state index contributed by atoms with van der Waals surface area (Å²) >= 11 is 0. The van der Waals surface area contributed by atoms with E-state index in [9.17, 15) is 0 Å². The van der Waals surface area contributed by atoms with Gasteiger partial charge in [-0.3, -0.25) is 0 Å². The SMILES string of the molecule is Cc1nc2n(C)c(CCc3ccccc3)nn2c1CN. The van der Waals surface area contributed by atoms with E-state index in [0.717, 1.165) is 35.8 Å². The van der Waals surface area contributed by atoms with Crippen molar-refractivity contribution < 1.29 is 0 Å². The lowest BCUT2D eigenvalue weighted by Crippen LogP contribution is -2.04. The standard InChI is InChI=1S/C15H19N5/c1-11-13(10-16)20-15(17-11)19(2)14(18-20)9-8-12-6-4-3-5-7-12/h3-7H,8-10,16H2,1-2H3. The largest absolute Gasteiger partial charge is 0.325 e. The van der Waals surface area contributed by atoms with Gasteiger partial charge >= 0.3 is 0 Å². The van der Waals surface area contributed by atoms with Crippen molar-refractivity contribution in [2.24, 2.45) is 12.8 Å². The maximum Gasteiger partial charge on any atom is 0.232 e. The minimum absolute atomic E-state index is 0.460. The highest BCUT2D eigenvalue weighted by Crippen LogP contribution is 2.13. The van der Waals surface area contributed by atoms with Gasteiger partial charge in [-0.15, -0.1) is 0 Å². The highest BCUT2D eigenvalue weighted by Gasteiger charge is 2.15. The van der Waals surface area contributed by atoms with Crippen LogP contribution >= 0.6 is 0 Å². The molecule has 0 aliphatic carbocycles. The van der Waals surface area contributed by atoms with E-state index < -0.39 is 0 Å². The average molecular weight is 269 g/mol. The first-order chi connectivity index (χ1) is 9.70. The Morgan fingerprint density at radius 2 is 1.90 bits per heavy atom. The summed E-state index contributed by atoms with van der Waals surface area (Å²) in [5.41, 5.74) is 9.04. The quantitative estimate of drug-likeness (QED) is 0.783. The molecule has 3 rings (SSSR count). The van der Waals surface area contributed by atoms with Gasteiger partial charge in [0.15, 0.2) is 0 Å². The molecule has 0 saturated carbocycles. The third-order valence-corrected chi connectivity index (χ3v) is 3.71. The fourth-order valence-electron chi connectivity index (χ4n) is 2.51. The zero-order valence-corrected chi connectivity index (χ0v) is 11.9. The van der Waals surface area contributed by atoms with E-state index in [-0.39, 0.29) is 0 Å². The normalized spacial score (nSPS) is 11.3. The molecule has 20 heavy (non-hydrogen) atoms. The van der Waals surface area contributed by atoms with E-state index in [2.05, 4.69) is 38.9 Å². The molecule has 0 aliphatic rings. The first-order valence-electron chi connectivity index (χ1n) is 6.84. The summed E-state index contributed by atoms with van der Waals surface area (Å²) in [7, 11) is 2.01. The fourth-order valence-corrected chi connectivity index (χ4v) is 2.51. The van der Waals surface area contributed by atoms with Gasteiger partial charge in [0.1, 0.15) is 5.82 Å². The van der Waals surface area contributed by atoms with Crippen molar-refractivity contribution in [1.29, 1.82) is 0 Å².